The molecule has 1 saturated heterocycles. The molecule has 2 atom stereocenters. The highest BCUT2D eigenvalue weighted by molar-refractivity contribution is 5.95. The van der Waals surface area contributed by atoms with Crippen molar-refractivity contribution in [1.29, 1.82) is 0 Å². The number of aryl methyl sites for hydroxylation is 2. The first-order chi connectivity index (χ1) is 9.97. The second kappa shape index (κ2) is 6.72. The number of carbonyl (C=O) groups excluding carboxylic acids is 2. The average Bonchev–Trinajstić information content (AvgIpc) is 2.95. The van der Waals surface area contributed by atoms with Crippen LogP contribution in [0.4, 0.5) is 5.69 Å². The fourth-order valence-electron chi connectivity index (χ4n) is 2.26. The van der Waals surface area contributed by atoms with E-state index in [9.17, 15) is 9.59 Å². The summed E-state index contributed by atoms with van der Waals surface area (Å²) in [6.07, 6.45) is 0.136. The van der Waals surface area contributed by atoms with E-state index >= 15 is 0 Å². The number of nitrogens with one attached hydrogen (secondary N) is 1. The molecule has 0 spiro atoms. The Morgan fingerprint density at radius 2 is 2.14 bits per heavy atom. The Morgan fingerprint density at radius 3 is 2.76 bits per heavy atom. The van der Waals surface area contributed by atoms with Crippen molar-refractivity contribution < 1.29 is 19.1 Å². The summed E-state index contributed by atoms with van der Waals surface area (Å²) in [6.45, 7) is 6.05. The summed E-state index contributed by atoms with van der Waals surface area (Å²) in [4.78, 5) is 23.9. The predicted octanol–water partition coefficient (Wildman–Crippen LogP) is 2.35. The summed E-state index contributed by atoms with van der Waals surface area (Å²) >= 11 is 0. The molecule has 0 unspecified atom stereocenters. The Labute approximate surface area is 124 Å². The number of anilines is 1. The normalized spacial score (nSPS) is 19.1. The van der Waals surface area contributed by atoms with Gasteiger partial charge in [0.1, 0.15) is 0 Å². The third-order valence-corrected chi connectivity index (χ3v) is 3.49. The third kappa shape index (κ3) is 4.04. The molecule has 1 amide bonds. The molecule has 0 radical (unpaired) electrons. The van der Waals surface area contributed by atoms with Gasteiger partial charge in [0.05, 0.1) is 0 Å². The Balaban J connectivity index is 1.91. The number of rotatable bonds is 4. The third-order valence-electron chi connectivity index (χ3n) is 3.49. The molecule has 1 aromatic rings. The molecule has 0 aromatic heterocycles. The smallest absolute Gasteiger partial charge is 0.336 e. The molecule has 1 aromatic carbocycles. The molecular weight excluding hydrogens is 270 g/mol. The maximum absolute atomic E-state index is 12.1. The SMILES string of the molecule is Cc1ccc(NC(=O)[C@@H](C)OC(=O)[C@@H]2CCCO2)c(C)c1. The Hall–Kier alpha value is -1.88. The summed E-state index contributed by atoms with van der Waals surface area (Å²) in [7, 11) is 0. The number of esters is 1. The maximum Gasteiger partial charge on any atom is 0.336 e. The van der Waals surface area contributed by atoms with E-state index in [0.717, 1.165) is 23.2 Å². The number of hydrogen-bond acceptors (Lipinski definition) is 4. The molecular formula is C16H21NO4. The lowest BCUT2D eigenvalue weighted by atomic mass is 10.1. The summed E-state index contributed by atoms with van der Waals surface area (Å²) in [6, 6.07) is 5.75. The summed E-state index contributed by atoms with van der Waals surface area (Å²) in [5.41, 5.74) is 2.83. The van der Waals surface area contributed by atoms with Crippen molar-refractivity contribution in [2.45, 2.75) is 45.8 Å². The van der Waals surface area contributed by atoms with Gasteiger partial charge in [0.15, 0.2) is 12.2 Å². The minimum Gasteiger partial charge on any atom is -0.451 e. The van der Waals surface area contributed by atoms with E-state index < -0.39 is 18.2 Å². The van der Waals surface area contributed by atoms with Crippen LogP contribution in [0.2, 0.25) is 0 Å². The first kappa shape index (κ1) is 15.5. The van der Waals surface area contributed by atoms with Crippen molar-refractivity contribution in [3.8, 4) is 0 Å². The molecule has 5 heteroatoms. The lowest BCUT2D eigenvalue weighted by Gasteiger charge is -2.16. The van der Waals surface area contributed by atoms with Crippen LogP contribution in [0.15, 0.2) is 18.2 Å². The Bertz CT molecular complexity index is 535. The zero-order valence-electron chi connectivity index (χ0n) is 12.6. The number of amides is 1. The number of hydrogen-bond donors (Lipinski definition) is 1. The lowest BCUT2D eigenvalue weighted by molar-refractivity contribution is -0.162. The van der Waals surface area contributed by atoms with E-state index in [4.69, 9.17) is 9.47 Å². The van der Waals surface area contributed by atoms with E-state index in [0.29, 0.717) is 13.0 Å². The topological polar surface area (TPSA) is 64.6 Å². The van der Waals surface area contributed by atoms with Crippen LogP contribution in [0.25, 0.3) is 0 Å². The van der Waals surface area contributed by atoms with Gasteiger partial charge < -0.3 is 14.8 Å². The second-order valence-electron chi connectivity index (χ2n) is 5.39. The molecule has 1 N–H and O–H groups in total. The highest BCUT2D eigenvalue weighted by Gasteiger charge is 2.28. The summed E-state index contributed by atoms with van der Waals surface area (Å²) in [5, 5.41) is 2.78. The van der Waals surface area contributed by atoms with Crippen molar-refractivity contribution >= 4 is 17.6 Å². The zero-order valence-corrected chi connectivity index (χ0v) is 12.6. The van der Waals surface area contributed by atoms with Gasteiger partial charge in [-0.05, 0) is 45.2 Å². The van der Waals surface area contributed by atoms with E-state index in [1.54, 1.807) is 6.92 Å². The van der Waals surface area contributed by atoms with Crippen LogP contribution in [-0.2, 0) is 19.1 Å². The van der Waals surface area contributed by atoms with Crippen LogP contribution in [0, 0.1) is 13.8 Å². The van der Waals surface area contributed by atoms with E-state index in [1.807, 2.05) is 32.0 Å². The van der Waals surface area contributed by atoms with Gasteiger partial charge in [-0.25, -0.2) is 4.79 Å². The van der Waals surface area contributed by atoms with Crippen LogP contribution in [0.5, 0.6) is 0 Å². The molecule has 5 nitrogen and oxygen atoms in total. The molecule has 2 rings (SSSR count). The van der Waals surface area contributed by atoms with Crippen molar-refractivity contribution in [2.24, 2.45) is 0 Å². The molecule has 1 aliphatic heterocycles. The van der Waals surface area contributed by atoms with Gasteiger partial charge in [0, 0.05) is 12.3 Å². The van der Waals surface area contributed by atoms with Crippen LogP contribution in [0.3, 0.4) is 0 Å². The van der Waals surface area contributed by atoms with E-state index in [-0.39, 0.29) is 5.91 Å². The maximum atomic E-state index is 12.1. The fraction of sp³-hybridized carbons (Fsp3) is 0.500. The molecule has 114 valence electrons. The highest BCUT2D eigenvalue weighted by Crippen LogP contribution is 2.17. The van der Waals surface area contributed by atoms with Gasteiger partial charge in [0.25, 0.3) is 5.91 Å². The zero-order chi connectivity index (χ0) is 15.4. The molecule has 0 aliphatic carbocycles. The van der Waals surface area contributed by atoms with Crippen molar-refractivity contribution in [1.82, 2.24) is 0 Å². The first-order valence-electron chi connectivity index (χ1n) is 7.17. The first-order valence-corrected chi connectivity index (χ1v) is 7.17. The number of benzene rings is 1. The summed E-state index contributed by atoms with van der Waals surface area (Å²) < 4.78 is 10.4. The van der Waals surface area contributed by atoms with Crippen molar-refractivity contribution in [3.63, 3.8) is 0 Å². The Morgan fingerprint density at radius 1 is 1.38 bits per heavy atom. The number of ether oxygens (including phenoxy) is 2. The number of carbonyl (C=O) groups is 2. The van der Waals surface area contributed by atoms with Crippen LogP contribution < -0.4 is 5.32 Å². The van der Waals surface area contributed by atoms with E-state index in [1.165, 1.54) is 0 Å². The van der Waals surface area contributed by atoms with Gasteiger partial charge in [0.2, 0.25) is 0 Å². The van der Waals surface area contributed by atoms with Crippen LogP contribution in [0.1, 0.15) is 30.9 Å². The van der Waals surface area contributed by atoms with Crippen molar-refractivity contribution in [3.05, 3.63) is 29.3 Å². The van der Waals surface area contributed by atoms with E-state index in [2.05, 4.69) is 5.32 Å². The van der Waals surface area contributed by atoms with Crippen LogP contribution in [-0.4, -0.2) is 30.7 Å². The van der Waals surface area contributed by atoms with Gasteiger partial charge in [-0.15, -0.1) is 0 Å². The van der Waals surface area contributed by atoms with Crippen molar-refractivity contribution in [2.75, 3.05) is 11.9 Å². The van der Waals surface area contributed by atoms with Gasteiger partial charge in [-0.3, -0.25) is 4.79 Å². The Kier molecular flexibility index (Phi) is 4.96. The van der Waals surface area contributed by atoms with Gasteiger partial charge in [-0.2, -0.15) is 0 Å². The largest absolute Gasteiger partial charge is 0.451 e. The predicted molar refractivity (Wildman–Crippen MR) is 79.1 cm³/mol. The van der Waals surface area contributed by atoms with Gasteiger partial charge >= 0.3 is 5.97 Å². The minimum atomic E-state index is -0.845. The minimum absolute atomic E-state index is 0.340. The second-order valence-corrected chi connectivity index (χ2v) is 5.39. The average molecular weight is 291 g/mol. The lowest BCUT2D eigenvalue weighted by Crippen LogP contribution is -2.34. The standard InChI is InChI=1S/C16H21NO4/c1-10-6-7-13(11(2)9-10)17-15(18)12(3)21-16(19)14-5-4-8-20-14/h6-7,9,12,14H,4-5,8H2,1-3H3,(H,17,18)/t12-,14+/m1/s1. The molecule has 0 saturated carbocycles. The van der Waals surface area contributed by atoms with Crippen LogP contribution >= 0.6 is 0 Å². The quantitative estimate of drug-likeness (QED) is 0.865. The summed E-state index contributed by atoms with van der Waals surface area (Å²) in [5.74, 6) is -0.802. The highest BCUT2D eigenvalue weighted by atomic mass is 16.6. The monoisotopic (exact) mass is 291 g/mol. The molecule has 0 bridgehead atoms. The molecule has 21 heavy (non-hydrogen) atoms. The van der Waals surface area contributed by atoms with Gasteiger partial charge in [-0.1, -0.05) is 17.7 Å². The molecule has 1 fully saturated rings. The molecule has 1 heterocycles. The molecule has 1 aliphatic rings. The fourth-order valence-corrected chi connectivity index (χ4v) is 2.26.